The Morgan fingerprint density at radius 3 is 2.22 bits per heavy atom. The maximum atomic E-state index is 9.92. The van der Waals surface area contributed by atoms with Gasteiger partial charge in [0.2, 0.25) is 0 Å². The first kappa shape index (κ1) is 8.36. The van der Waals surface area contributed by atoms with Gasteiger partial charge in [-0.15, -0.1) is 0 Å². The van der Waals surface area contributed by atoms with Gasteiger partial charge in [0.1, 0.15) is 0 Å². The summed E-state index contributed by atoms with van der Waals surface area (Å²) >= 11 is 3.02. The molecule has 4 heteroatoms. The second-order valence-electron chi connectivity index (χ2n) is 1.44. The first-order valence-corrected chi connectivity index (χ1v) is 3.29. The van der Waals surface area contributed by atoms with Crippen molar-refractivity contribution in [2.75, 3.05) is 5.33 Å². The van der Waals surface area contributed by atoms with Crippen LogP contribution in [-0.4, -0.2) is 10.3 Å². The van der Waals surface area contributed by atoms with Crippen LogP contribution in [0.3, 0.4) is 0 Å². The van der Waals surface area contributed by atoms with Gasteiger partial charge in [-0.25, -0.2) is 0 Å². The number of nitro groups is 1. The molecule has 0 bridgehead atoms. The summed E-state index contributed by atoms with van der Waals surface area (Å²) in [6.45, 7) is 6.60. The molecular formula is C5H6BrNO2. The number of rotatable bonds is 3. The van der Waals surface area contributed by atoms with Crippen LogP contribution >= 0.6 is 15.9 Å². The number of nitrogens with zero attached hydrogens (tertiary/aromatic N) is 1. The largest absolute Gasteiger partial charge is 0.265 e. The molecule has 0 aliphatic carbocycles. The Kier molecular flexibility index (Phi) is 3.16. The molecule has 0 N–H and O–H groups in total. The molecule has 0 rings (SSSR count). The molecule has 0 aliphatic rings. The Labute approximate surface area is 61.3 Å². The highest BCUT2D eigenvalue weighted by molar-refractivity contribution is 9.09. The third-order valence-corrected chi connectivity index (χ3v) is 1.47. The van der Waals surface area contributed by atoms with E-state index in [1.165, 1.54) is 0 Å². The summed E-state index contributed by atoms with van der Waals surface area (Å²) in [5.74, 6) is 0. The van der Waals surface area contributed by atoms with Crippen LogP contribution in [0.2, 0.25) is 0 Å². The zero-order chi connectivity index (χ0) is 7.44. The van der Waals surface area contributed by atoms with E-state index in [1.807, 2.05) is 0 Å². The van der Waals surface area contributed by atoms with Gasteiger partial charge in [0.05, 0.1) is 4.92 Å². The number of hydrogen-bond acceptors (Lipinski definition) is 2. The SMILES string of the molecule is C=C(CBr)C(=C)[N+](=O)[O-]. The summed E-state index contributed by atoms with van der Waals surface area (Å²) in [6, 6.07) is 0. The first-order chi connectivity index (χ1) is 4.09. The maximum absolute atomic E-state index is 9.92. The zero-order valence-corrected chi connectivity index (χ0v) is 6.35. The van der Waals surface area contributed by atoms with Gasteiger partial charge >= 0.3 is 0 Å². The van der Waals surface area contributed by atoms with Crippen LogP contribution in [0.1, 0.15) is 0 Å². The average Bonchev–Trinajstić information content (AvgIpc) is 1.84. The van der Waals surface area contributed by atoms with Crippen molar-refractivity contribution in [2.24, 2.45) is 0 Å². The van der Waals surface area contributed by atoms with Gasteiger partial charge in [0.15, 0.2) is 0 Å². The van der Waals surface area contributed by atoms with E-state index in [1.54, 1.807) is 0 Å². The lowest BCUT2D eigenvalue weighted by atomic mass is 10.3. The van der Waals surface area contributed by atoms with Crippen LogP contribution in [0.5, 0.6) is 0 Å². The minimum absolute atomic E-state index is 0.133. The molecule has 0 aliphatic heterocycles. The molecule has 0 aromatic rings. The van der Waals surface area contributed by atoms with Crippen molar-refractivity contribution in [1.82, 2.24) is 0 Å². The standard InChI is InChI=1S/C5H6BrNO2/c1-4(3-6)5(2)7(8)9/h1-3H2. The lowest BCUT2D eigenvalue weighted by Crippen LogP contribution is -1.99. The van der Waals surface area contributed by atoms with Crippen molar-refractivity contribution < 1.29 is 4.92 Å². The van der Waals surface area contributed by atoms with Crippen molar-refractivity contribution in [3.63, 3.8) is 0 Å². The third kappa shape index (κ3) is 2.41. The van der Waals surface area contributed by atoms with Crippen LogP contribution in [-0.2, 0) is 0 Å². The normalized spacial score (nSPS) is 8.56. The van der Waals surface area contributed by atoms with E-state index in [0.717, 1.165) is 0 Å². The highest BCUT2D eigenvalue weighted by Gasteiger charge is 2.08. The molecule has 0 spiro atoms. The molecule has 0 fully saturated rings. The molecule has 0 unspecified atom stereocenters. The van der Waals surface area contributed by atoms with Crippen molar-refractivity contribution >= 4 is 15.9 Å². The quantitative estimate of drug-likeness (QED) is 0.295. The van der Waals surface area contributed by atoms with Gasteiger partial charge < -0.3 is 0 Å². The molecule has 9 heavy (non-hydrogen) atoms. The predicted octanol–water partition coefficient (Wildman–Crippen LogP) is 1.73. The lowest BCUT2D eigenvalue weighted by Gasteiger charge is -1.93. The van der Waals surface area contributed by atoms with Gasteiger partial charge in [-0.05, 0) is 6.58 Å². The number of halogens is 1. The van der Waals surface area contributed by atoms with Crippen molar-refractivity contribution in [2.45, 2.75) is 0 Å². The molecule has 3 nitrogen and oxygen atoms in total. The van der Waals surface area contributed by atoms with Crippen LogP contribution in [0, 0.1) is 10.1 Å². The van der Waals surface area contributed by atoms with E-state index in [-0.39, 0.29) is 5.70 Å². The summed E-state index contributed by atoms with van der Waals surface area (Å²) in [5.41, 5.74) is 0.270. The van der Waals surface area contributed by atoms with E-state index in [4.69, 9.17) is 0 Å². The topological polar surface area (TPSA) is 43.1 Å². The van der Waals surface area contributed by atoms with Gasteiger partial charge in [-0.3, -0.25) is 10.1 Å². The minimum Gasteiger partial charge on any atom is -0.258 e. The van der Waals surface area contributed by atoms with Gasteiger partial charge in [0.25, 0.3) is 5.70 Å². The number of alkyl halides is 1. The average molecular weight is 192 g/mol. The van der Waals surface area contributed by atoms with Gasteiger partial charge in [-0.2, -0.15) is 0 Å². The van der Waals surface area contributed by atoms with E-state index < -0.39 is 4.92 Å². The molecule has 0 amide bonds. The van der Waals surface area contributed by atoms with Gasteiger partial charge in [0, 0.05) is 10.9 Å². The number of allylic oxidation sites excluding steroid dienone is 1. The Hall–Kier alpha value is -0.640. The van der Waals surface area contributed by atoms with Crippen molar-refractivity contribution in [3.8, 4) is 0 Å². The highest BCUT2D eigenvalue weighted by Crippen LogP contribution is 2.07. The lowest BCUT2D eigenvalue weighted by molar-refractivity contribution is -0.420. The monoisotopic (exact) mass is 191 g/mol. The Bertz CT molecular complexity index is 164. The van der Waals surface area contributed by atoms with Crippen molar-refractivity contribution in [1.29, 1.82) is 0 Å². The molecule has 0 aromatic carbocycles. The minimum atomic E-state index is -0.552. The summed E-state index contributed by atoms with van der Waals surface area (Å²) in [4.78, 5) is 9.37. The van der Waals surface area contributed by atoms with Crippen LogP contribution in [0.15, 0.2) is 24.4 Å². The molecule has 0 radical (unpaired) electrons. The van der Waals surface area contributed by atoms with Gasteiger partial charge in [-0.1, -0.05) is 22.5 Å². The fraction of sp³-hybridized carbons (Fsp3) is 0.200. The Morgan fingerprint density at radius 1 is 1.67 bits per heavy atom. The van der Waals surface area contributed by atoms with E-state index in [9.17, 15) is 10.1 Å². The Balaban J connectivity index is 4.05. The molecule has 0 saturated heterocycles. The highest BCUT2D eigenvalue weighted by atomic mass is 79.9. The summed E-state index contributed by atoms with van der Waals surface area (Å²) < 4.78 is 0. The molecule has 0 atom stereocenters. The van der Waals surface area contributed by atoms with E-state index in [0.29, 0.717) is 10.9 Å². The fourth-order valence-corrected chi connectivity index (χ4v) is 0.530. The predicted molar refractivity (Wildman–Crippen MR) is 39.1 cm³/mol. The molecule has 0 saturated carbocycles. The summed E-state index contributed by atoms with van der Waals surface area (Å²) in [5, 5.41) is 10.3. The molecular weight excluding hydrogens is 186 g/mol. The second-order valence-corrected chi connectivity index (χ2v) is 2.00. The van der Waals surface area contributed by atoms with E-state index in [2.05, 4.69) is 29.1 Å². The maximum Gasteiger partial charge on any atom is 0.265 e. The molecule has 0 heterocycles. The van der Waals surface area contributed by atoms with Crippen LogP contribution in [0.4, 0.5) is 0 Å². The molecule has 50 valence electrons. The smallest absolute Gasteiger partial charge is 0.258 e. The fourth-order valence-electron chi connectivity index (χ4n) is 0.206. The third-order valence-electron chi connectivity index (χ3n) is 0.790. The second kappa shape index (κ2) is 3.40. The first-order valence-electron chi connectivity index (χ1n) is 2.17. The zero-order valence-electron chi connectivity index (χ0n) is 4.76. The van der Waals surface area contributed by atoms with Crippen LogP contribution in [0.25, 0.3) is 0 Å². The van der Waals surface area contributed by atoms with Crippen LogP contribution < -0.4 is 0 Å². The number of hydrogen-bond donors (Lipinski definition) is 0. The summed E-state index contributed by atoms with van der Waals surface area (Å²) in [6.07, 6.45) is 0. The molecule has 0 aromatic heterocycles. The summed E-state index contributed by atoms with van der Waals surface area (Å²) in [7, 11) is 0. The Morgan fingerprint density at radius 2 is 2.11 bits per heavy atom. The van der Waals surface area contributed by atoms with Crippen molar-refractivity contribution in [3.05, 3.63) is 34.5 Å². The van der Waals surface area contributed by atoms with E-state index >= 15 is 0 Å².